The second kappa shape index (κ2) is 5.93. The number of nitrogens with one attached hydrogen (secondary N) is 1. The van der Waals surface area contributed by atoms with Gasteiger partial charge in [0.25, 0.3) is 16.0 Å². The highest BCUT2D eigenvalue weighted by Crippen LogP contribution is 2.29. The van der Waals surface area contributed by atoms with E-state index < -0.39 is 10.1 Å². The first-order valence-corrected chi connectivity index (χ1v) is 8.92. The average molecular weight is 367 g/mol. The van der Waals surface area contributed by atoms with Crippen molar-refractivity contribution in [3.8, 4) is 11.3 Å². The van der Waals surface area contributed by atoms with Crippen molar-refractivity contribution in [3.63, 3.8) is 0 Å². The minimum absolute atomic E-state index is 0.192. The maximum absolute atomic E-state index is 11.6. The summed E-state index contributed by atoms with van der Waals surface area (Å²) in [6, 6.07) is 8.99. The van der Waals surface area contributed by atoms with Gasteiger partial charge in [-0.25, -0.2) is 0 Å². The molecule has 2 N–H and O–H groups in total. The molecule has 0 aliphatic carbocycles. The predicted octanol–water partition coefficient (Wildman–Crippen LogP) is 2.68. The fourth-order valence-corrected chi connectivity index (χ4v) is 3.43. The van der Waals surface area contributed by atoms with Crippen LogP contribution < -0.4 is 5.32 Å². The third-order valence-corrected chi connectivity index (χ3v) is 5.01. The zero-order valence-corrected chi connectivity index (χ0v) is 13.8. The van der Waals surface area contributed by atoms with Crippen molar-refractivity contribution in [1.29, 1.82) is 0 Å². The van der Waals surface area contributed by atoms with Crippen LogP contribution in [0, 0.1) is 0 Å². The number of carbonyl (C=O) groups is 1. The van der Waals surface area contributed by atoms with Crippen molar-refractivity contribution in [3.05, 3.63) is 47.1 Å². The van der Waals surface area contributed by atoms with E-state index in [4.69, 9.17) is 21.2 Å². The fourth-order valence-electron chi connectivity index (χ4n) is 1.93. The van der Waals surface area contributed by atoms with Gasteiger partial charge < -0.3 is 9.73 Å². The lowest BCUT2D eigenvalue weighted by molar-refractivity contribution is -0.115. The molecule has 23 heavy (non-hydrogen) atoms. The predicted molar refractivity (Wildman–Crippen MR) is 90.3 cm³/mol. The molecule has 3 rings (SSSR count). The van der Waals surface area contributed by atoms with Crippen LogP contribution in [0.15, 0.2) is 50.6 Å². The normalized spacial score (nSPS) is 16.8. The number of rotatable bonds is 3. The third kappa shape index (κ3) is 3.53. The SMILES string of the molecule is O=C1NC(=S)S/C1=C/c1ccc(-c2ccc(S(=O)(=O)O)cc2)o1. The van der Waals surface area contributed by atoms with E-state index in [2.05, 4.69) is 5.32 Å². The Kier molecular flexibility index (Phi) is 4.11. The van der Waals surface area contributed by atoms with Crippen LogP contribution in [0.1, 0.15) is 5.76 Å². The molecule has 6 nitrogen and oxygen atoms in total. The van der Waals surface area contributed by atoms with Gasteiger partial charge in [0.15, 0.2) is 0 Å². The Hall–Kier alpha value is -1.94. The molecule has 0 bridgehead atoms. The number of thiocarbonyl (C=S) groups is 1. The molecule has 118 valence electrons. The fraction of sp³-hybridized carbons (Fsp3) is 0. The Balaban J connectivity index is 1.86. The van der Waals surface area contributed by atoms with Crippen molar-refractivity contribution in [2.75, 3.05) is 0 Å². The van der Waals surface area contributed by atoms with E-state index in [-0.39, 0.29) is 10.8 Å². The van der Waals surface area contributed by atoms with E-state index in [1.807, 2.05) is 0 Å². The second-order valence-electron chi connectivity index (χ2n) is 4.55. The van der Waals surface area contributed by atoms with Crippen LogP contribution in [0.2, 0.25) is 0 Å². The van der Waals surface area contributed by atoms with Gasteiger partial charge in [0, 0.05) is 11.6 Å². The van der Waals surface area contributed by atoms with Crippen LogP contribution in [-0.2, 0) is 14.9 Å². The highest BCUT2D eigenvalue weighted by molar-refractivity contribution is 8.26. The zero-order valence-electron chi connectivity index (χ0n) is 11.3. The van der Waals surface area contributed by atoms with E-state index in [0.29, 0.717) is 26.3 Å². The van der Waals surface area contributed by atoms with Gasteiger partial charge in [-0.05, 0) is 36.4 Å². The average Bonchev–Trinajstić information content (AvgIpc) is 3.06. The molecule has 1 aliphatic heterocycles. The van der Waals surface area contributed by atoms with Crippen molar-refractivity contribution in [1.82, 2.24) is 5.32 Å². The van der Waals surface area contributed by atoms with E-state index >= 15 is 0 Å². The molecule has 1 aromatic heterocycles. The van der Waals surface area contributed by atoms with Gasteiger partial charge in [-0.1, -0.05) is 24.0 Å². The first-order chi connectivity index (χ1) is 10.8. The second-order valence-corrected chi connectivity index (χ2v) is 7.69. The van der Waals surface area contributed by atoms with Gasteiger partial charge >= 0.3 is 0 Å². The minimum atomic E-state index is -4.22. The number of benzene rings is 1. The monoisotopic (exact) mass is 367 g/mol. The summed E-state index contributed by atoms with van der Waals surface area (Å²) in [5.41, 5.74) is 0.640. The summed E-state index contributed by atoms with van der Waals surface area (Å²) in [6.45, 7) is 0. The molecule has 1 aromatic carbocycles. The molecule has 1 aliphatic rings. The molecule has 0 radical (unpaired) electrons. The molecule has 0 saturated carbocycles. The number of hydrogen-bond acceptors (Lipinski definition) is 6. The molecule has 0 atom stereocenters. The molecule has 2 heterocycles. The number of amides is 1. The maximum Gasteiger partial charge on any atom is 0.294 e. The lowest BCUT2D eigenvalue weighted by Crippen LogP contribution is -2.17. The van der Waals surface area contributed by atoms with Gasteiger partial charge in [0.1, 0.15) is 15.8 Å². The summed E-state index contributed by atoms with van der Waals surface area (Å²) < 4.78 is 37.0. The third-order valence-electron chi connectivity index (χ3n) is 2.98. The maximum atomic E-state index is 11.6. The number of carbonyl (C=O) groups excluding carboxylic acids is 1. The van der Waals surface area contributed by atoms with Gasteiger partial charge in [0.2, 0.25) is 0 Å². The summed E-state index contributed by atoms with van der Waals surface area (Å²) in [5.74, 6) is 0.710. The molecule has 1 saturated heterocycles. The van der Waals surface area contributed by atoms with Crippen molar-refractivity contribution in [2.45, 2.75) is 4.90 Å². The van der Waals surface area contributed by atoms with Gasteiger partial charge in [-0.3, -0.25) is 9.35 Å². The number of hydrogen-bond donors (Lipinski definition) is 2. The Bertz CT molecular complexity index is 926. The smallest absolute Gasteiger partial charge is 0.294 e. The summed E-state index contributed by atoms with van der Waals surface area (Å²) in [6.07, 6.45) is 1.58. The Morgan fingerprint density at radius 3 is 2.43 bits per heavy atom. The largest absolute Gasteiger partial charge is 0.457 e. The molecule has 1 fully saturated rings. The van der Waals surface area contributed by atoms with E-state index in [1.165, 1.54) is 24.3 Å². The Morgan fingerprint density at radius 1 is 1.17 bits per heavy atom. The van der Waals surface area contributed by atoms with Crippen molar-refractivity contribution < 1.29 is 22.2 Å². The van der Waals surface area contributed by atoms with Gasteiger partial charge in [-0.15, -0.1) is 0 Å². The lowest BCUT2D eigenvalue weighted by atomic mass is 10.2. The first-order valence-electron chi connectivity index (χ1n) is 6.25. The van der Waals surface area contributed by atoms with Gasteiger partial charge in [0.05, 0.1) is 9.80 Å². The first kappa shape index (κ1) is 15.9. The molecule has 9 heteroatoms. The molecule has 0 spiro atoms. The Morgan fingerprint density at radius 2 is 1.87 bits per heavy atom. The quantitative estimate of drug-likeness (QED) is 0.489. The molecular weight excluding hydrogens is 358 g/mol. The summed E-state index contributed by atoms with van der Waals surface area (Å²) in [4.78, 5) is 11.8. The van der Waals surface area contributed by atoms with Crippen LogP contribution in [0.4, 0.5) is 0 Å². The molecule has 1 amide bonds. The number of furan rings is 1. The highest BCUT2D eigenvalue weighted by Gasteiger charge is 2.22. The van der Waals surface area contributed by atoms with Crippen LogP contribution in [0.3, 0.4) is 0 Å². The topological polar surface area (TPSA) is 96.6 Å². The van der Waals surface area contributed by atoms with E-state index in [1.54, 1.807) is 18.2 Å². The number of thioether (sulfide) groups is 1. The Labute approximate surface area is 141 Å². The standard InChI is InChI=1S/C14H9NO5S3/c16-13-12(22-14(21)15-13)7-9-3-6-11(20-9)8-1-4-10(5-2-8)23(17,18)19/h1-7H,(H,15,16,21)(H,17,18,19)/b12-7+. The van der Waals surface area contributed by atoms with Crippen LogP contribution in [-0.4, -0.2) is 23.2 Å². The van der Waals surface area contributed by atoms with E-state index in [0.717, 1.165) is 11.8 Å². The molecule has 0 unspecified atom stereocenters. The van der Waals surface area contributed by atoms with Crippen LogP contribution >= 0.6 is 24.0 Å². The molecule has 2 aromatic rings. The summed E-state index contributed by atoms with van der Waals surface area (Å²) in [7, 11) is -4.22. The molecular formula is C14H9NO5S3. The van der Waals surface area contributed by atoms with Crippen molar-refractivity contribution in [2.24, 2.45) is 0 Å². The summed E-state index contributed by atoms with van der Waals surface area (Å²) in [5, 5.41) is 2.51. The van der Waals surface area contributed by atoms with Crippen LogP contribution in [0.5, 0.6) is 0 Å². The van der Waals surface area contributed by atoms with Crippen LogP contribution in [0.25, 0.3) is 17.4 Å². The lowest BCUT2D eigenvalue weighted by Gasteiger charge is -1.99. The zero-order chi connectivity index (χ0) is 16.6. The highest BCUT2D eigenvalue weighted by atomic mass is 32.2. The summed E-state index contributed by atoms with van der Waals surface area (Å²) >= 11 is 6.06. The van der Waals surface area contributed by atoms with E-state index in [9.17, 15) is 13.2 Å². The van der Waals surface area contributed by atoms with Gasteiger partial charge in [-0.2, -0.15) is 8.42 Å². The van der Waals surface area contributed by atoms with Crippen molar-refractivity contribution >= 4 is 50.4 Å². The minimum Gasteiger partial charge on any atom is -0.457 e.